The van der Waals surface area contributed by atoms with E-state index < -0.39 is 0 Å². The Morgan fingerprint density at radius 3 is 2.53 bits per heavy atom. The molecule has 86 valence electrons. The van der Waals surface area contributed by atoms with E-state index in [4.69, 9.17) is 10.2 Å². The first kappa shape index (κ1) is 12.3. The predicted molar refractivity (Wildman–Crippen MR) is 62.7 cm³/mol. The average molecular weight is 210 g/mol. The van der Waals surface area contributed by atoms with Gasteiger partial charge >= 0.3 is 0 Å². The van der Waals surface area contributed by atoms with Crippen molar-refractivity contribution in [3.8, 4) is 0 Å². The fourth-order valence-corrected chi connectivity index (χ4v) is 1.56. The second kappa shape index (κ2) is 4.81. The Kier molecular flexibility index (Phi) is 3.94. The molecule has 0 amide bonds. The zero-order chi connectivity index (χ0) is 11.5. The largest absolute Gasteiger partial charge is 0.465 e. The maximum absolute atomic E-state index is 5.81. The minimum absolute atomic E-state index is 0.0562. The molecule has 1 unspecified atom stereocenters. The van der Waals surface area contributed by atoms with Gasteiger partial charge in [0.1, 0.15) is 11.5 Å². The minimum atomic E-state index is 0.0562. The molecule has 0 aliphatic rings. The van der Waals surface area contributed by atoms with Crippen LogP contribution < -0.4 is 5.73 Å². The number of furan rings is 1. The van der Waals surface area contributed by atoms with Crippen LogP contribution in [0.2, 0.25) is 0 Å². The second-order valence-corrected chi connectivity index (χ2v) is 4.42. The Bertz CT molecular complexity index is 302. The Balaban J connectivity index is 2.65. The summed E-state index contributed by atoms with van der Waals surface area (Å²) >= 11 is 0. The monoisotopic (exact) mass is 210 g/mol. The normalized spacial score (nSPS) is 15.6. The van der Waals surface area contributed by atoms with Gasteiger partial charge in [0.05, 0.1) is 6.54 Å². The molecule has 0 aliphatic carbocycles. The fourth-order valence-electron chi connectivity index (χ4n) is 1.56. The lowest BCUT2D eigenvalue weighted by atomic mass is 9.97. The zero-order valence-electron chi connectivity index (χ0n) is 10.2. The summed E-state index contributed by atoms with van der Waals surface area (Å²) in [5.41, 5.74) is 5.86. The number of nitrogens with two attached hydrogens (primary N) is 1. The van der Waals surface area contributed by atoms with Crippen molar-refractivity contribution in [2.75, 3.05) is 13.6 Å². The van der Waals surface area contributed by atoms with Crippen molar-refractivity contribution in [2.24, 2.45) is 5.73 Å². The molecule has 3 heteroatoms. The number of aryl methyl sites for hydroxylation is 1. The first-order chi connectivity index (χ1) is 7.01. The van der Waals surface area contributed by atoms with Crippen LogP contribution in [0.1, 0.15) is 31.8 Å². The number of nitrogens with zero attached hydrogens (tertiary/aromatic N) is 1. The highest BCUT2D eigenvalue weighted by molar-refractivity contribution is 5.06. The van der Waals surface area contributed by atoms with E-state index in [0.29, 0.717) is 6.54 Å². The highest BCUT2D eigenvalue weighted by Gasteiger charge is 2.25. The number of likely N-dealkylation sites (N-methyl/N-ethyl adjacent to an activating group) is 1. The third-order valence-electron chi connectivity index (χ3n) is 3.31. The minimum Gasteiger partial charge on any atom is -0.465 e. The predicted octanol–water partition coefficient (Wildman–Crippen LogP) is 2.15. The quantitative estimate of drug-likeness (QED) is 0.809. The van der Waals surface area contributed by atoms with Gasteiger partial charge in [0.25, 0.3) is 0 Å². The smallest absolute Gasteiger partial charge is 0.118 e. The average Bonchev–Trinajstić information content (AvgIpc) is 2.62. The van der Waals surface area contributed by atoms with Crippen molar-refractivity contribution in [2.45, 2.75) is 39.3 Å². The number of hydrogen-bond donors (Lipinski definition) is 1. The van der Waals surface area contributed by atoms with Gasteiger partial charge in [-0.15, -0.1) is 0 Å². The first-order valence-corrected chi connectivity index (χ1v) is 5.48. The van der Waals surface area contributed by atoms with E-state index in [1.54, 1.807) is 0 Å². The molecule has 1 rings (SSSR count). The molecule has 1 atom stereocenters. The van der Waals surface area contributed by atoms with E-state index in [0.717, 1.165) is 24.5 Å². The highest BCUT2D eigenvalue weighted by atomic mass is 16.3. The molecule has 0 bridgehead atoms. The Morgan fingerprint density at radius 2 is 2.13 bits per heavy atom. The summed E-state index contributed by atoms with van der Waals surface area (Å²) in [5, 5.41) is 0. The topological polar surface area (TPSA) is 42.4 Å². The van der Waals surface area contributed by atoms with Crippen molar-refractivity contribution < 1.29 is 4.42 Å². The van der Waals surface area contributed by atoms with Gasteiger partial charge in [-0.25, -0.2) is 0 Å². The summed E-state index contributed by atoms with van der Waals surface area (Å²) < 4.78 is 5.56. The van der Waals surface area contributed by atoms with Crippen molar-refractivity contribution in [1.29, 1.82) is 0 Å². The van der Waals surface area contributed by atoms with Crippen LogP contribution in [0.5, 0.6) is 0 Å². The number of rotatable bonds is 5. The van der Waals surface area contributed by atoms with E-state index in [2.05, 4.69) is 25.8 Å². The van der Waals surface area contributed by atoms with Gasteiger partial charge in [-0.05, 0) is 39.4 Å². The third kappa shape index (κ3) is 2.83. The summed E-state index contributed by atoms with van der Waals surface area (Å²) in [6, 6.07) is 4.02. The van der Waals surface area contributed by atoms with E-state index in [9.17, 15) is 0 Å². The molecule has 0 spiro atoms. The Morgan fingerprint density at radius 1 is 1.47 bits per heavy atom. The number of hydrogen-bond acceptors (Lipinski definition) is 3. The fraction of sp³-hybridized carbons (Fsp3) is 0.667. The molecule has 0 aliphatic heterocycles. The molecule has 1 aromatic heterocycles. The molecule has 0 fully saturated rings. The molecular weight excluding hydrogens is 188 g/mol. The van der Waals surface area contributed by atoms with Crippen LogP contribution >= 0.6 is 0 Å². The van der Waals surface area contributed by atoms with Crippen LogP contribution in [0, 0.1) is 6.92 Å². The standard InChI is InChI=1S/C12H22N2O/c1-5-12(3,9-13)14(4)8-11-7-6-10(2)15-11/h6-7H,5,8-9,13H2,1-4H3. The molecule has 0 radical (unpaired) electrons. The van der Waals surface area contributed by atoms with Gasteiger partial charge in [-0.3, -0.25) is 4.90 Å². The summed E-state index contributed by atoms with van der Waals surface area (Å²) in [7, 11) is 2.09. The van der Waals surface area contributed by atoms with E-state index >= 15 is 0 Å². The molecule has 0 saturated carbocycles. The van der Waals surface area contributed by atoms with Crippen molar-refractivity contribution >= 4 is 0 Å². The second-order valence-electron chi connectivity index (χ2n) is 4.42. The lowest BCUT2D eigenvalue weighted by molar-refractivity contribution is 0.122. The molecule has 15 heavy (non-hydrogen) atoms. The molecular formula is C12H22N2O. The summed E-state index contributed by atoms with van der Waals surface area (Å²) in [6.45, 7) is 7.79. The maximum atomic E-state index is 5.81. The maximum Gasteiger partial charge on any atom is 0.118 e. The highest BCUT2D eigenvalue weighted by Crippen LogP contribution is 2.19. The lowest BCUT2D eigenvalue weighted by Crippen LogP contribution is -2.48. The Hall–Kier alpha value is -0.800. The van der Waals surface area contributed by atoms with Crippen LogP contribution in [0.25, 0.3) is 0 Å². The molecule has 1 heterocycles. The SMILES string of the molecule is CCC(C)(CN)N(C)Cc1ccc(C)o1. The van der Waals surface area contributed by atoms with Crippen molar-refractivity contribution in [3.05, 3.63) is 23.7 Å². The van der Waals surface area contributed by atoms with E-state index in [1.807, 2.05) is 19.1 Å². The van der Waals surface area contributed by atoms with Crippen LogP contribution in [0.3, 0.4) is 0 Å². The zero-order valence-corrected chi connectivity index (χ0v) is 10.2. The van der Waals surface area contributed by atoms with Crippen LogP contribution in [0.4, 0.5) is 0 Å². The van der Waals surface area contributed by atoms with Gasteiger partial charge in [0.15, 0.2) is 0 Å². The van der Waals surface area contributed by atoms with Gasteiger partial charge < -0.3 is 10.2 Å². The Labute approximate surface area is 92.2 Å². The molecule has 0 saturated heterocycles. The van der Waals surface area contributed by atoms with E-state index in [1.165, 1.54) is 0 Å². The molecule has 3 nitrogen and oxygen atoms in total. The van der Waals surface area contributed by atoms with Gasteiger partial charge in [0.2, 0.25) is 0 Å². The van der Waals surface area contributed by atoms with Gasteiger partial charge in [-0.2, -0.15) is 0 Å². The molecule has 2 N–H and O–H groups in total. The van der Waals surface area contributed by atoms with Crippen LogP contribution in [0.15, 0.2) is 16.5 Å². The molecule has 1 aromatic rings. The first-order valence-electron chi connectivity index (χ1n) is 5.48. The van der Waals surface area contributed by atoms with Gasteiger partial charge in [-0.1, -0.05) is 6.92 Å². The van der Waals surface area contributed by atoms with Crippen LogP contribution in [-0.4, -0.2) is 24.0 Å². The van der Waals surface area contributed by atoms with Gasteiger partial charge in [0, 0.05) is 12.1 Å². The lowest BCUT2D eigenvalue weighted by Gasteiger charge is -2.36. The third-order valence-corrected chi connectivity index (χ3v) is 3.31. The molecule has 0 aromatic carbocycles. The van der Waals surface area contributed by atoms with Crippen molar-refractivity contribution in [3.63, 3.8) is 0 Å². The van der Waals surface area contributed by atoms with Crippen LogP contribution in [-0.2, 0) is 6.54 Å². The van der Waals surface area contributed by atoms with E-state index in [-0.39, 0.29) is 5.54 Å². The summed E-state index contributed by atoms with van der Waals surface area (Å²) in [4.78, 5) is 2.26. The summed E-state index contributed by atoms with van der Waals surface area (Å²) in [5.74, 6) is 1.97. The van der Waals surface area contributed by atoms with Crippen molar-refractivity contribution in [1.82, 2.24) is 4.90 Å². The summed E-state index contributed by atoms with van der Waals surface area (Å²) in [6.07, 6.45) is 1.04.